The molecule has 0 spiro atoms. The highest BCUT2D eigenvalue weighted by molar-refractivity contribution is 5.84. The van der Waals surface area contributed by atoms with Crippen LogP contribution in [0.25, 0.3) is 0 Å². The van der Waals surface area contributed by atoms with Gasteiger partial charge in [0.15, 0.2) is 0 Å². The lowest BCUT2D eigenvalue weighted by Gasteiger charge is -2.24. The van der Waals surface area contributed by atoms with Gasteiger partial charge >= 0.3 is 12.1 Å². The van der Waals surface area contributed by atoms with Crippen molar-refractivity contribution < 1.29 is 24.2 Å². The highest BCUT2D eigenvalue weighted by atomic mass is 16.6. The van der Waals surface area contributed by atoms with Gasteiger partial charge in [-0.15, -0.1) is 0 Å². The van der Waals surface area contributed by atoms with Crippen molar-refractivity contribution in [3.05, 3.63) is 12.2 Å². The highest BCUT2D eigenvalue weighted by Crippen LogP contribution is 2.13. The zero-order valence-electron chi connectivity index (χ0n) is 22.1. The summed E-state index contributed by atoms with van der Waals surface area (Å²) in [5.41, 5.74) is -0.629. The zero-order valence-corrected chi connectivity index (χ0v) is 22.1. The fraction of sp³-hybridized carbons (Fsp3) is 0.815. The van der Waals surface area contributed by atoms with Gasteiger partial charge < -0.3 is 20.5 Å². The van der Waals surface area contributed by atoms with Gasteiger partial charge in [-0.05, 0) is 52.4 Å². The Morgan fingerprint density at radius 2 is 1.38 bits per heavy atom. The number of amides is 2. The largest absolute Gasteiger partial charge is 0.480 e. The molecule has 7 heteroatoms. The average Bonchev–Trinajstić information content (AvgIpc) is 2.78. The maximum atomic E-state index is 12.1. The van der Waals surface area contributed by atoms with Crippen LogP contribution in [0.2, 0.25) is 0 Å². The molecule has 0 radical (unpaired) electrons. The van der Waals surface area contributed by atoms with Crippen molar-refractivity contribution in [2.75, 3.05) is 6.54 Å². The molecule has 0 fully saturated rings. The molecule has 198 valence electrons. The molecule has 0 bridgehead atoms. The molecule has 1 unspecified atom stereocenters. The Kier molecular flexibility index (Phi) is 19.1. The molecule has 34 heavy (non-hydrogen) atoms. The smallest absolute Gasteiger partial charge is 0.407 e. The topological polar surface area (TPSA) is 105 Å². The van der Waals surface area contributed by atoms with Gasteiger partial charge in [0.25, 0.3) is 0 Å². The van der Waals surface area contributed by atoms with Crippen molar-refractivity contribution in [2.24, 2.45) is 0 Å². The van der Waals surface area contributed by atoms with Crippen molar-refractivity contribution >= 4 is 18.0 Å². The molecule has 0 aliphatic carbocycles. The number of hydrogen-bond acceptors (Lipinski definition) is 4. The lowest BCUT2D eigenvalue weighted by atomic mass is 10.1. The summed E-state index contributed by atoms with van der Waals surface area (Å²) in [6.45, 7) is 7.47. The summed E-state index contributed by atoms with van der Waals surface area (Å²) >= 11 is 0. The number of carbonyl (C=O) groups is 3. The lowest BCUT2D eigenvalue weighted by molar-refractivity contribution is -0.141. The van der Waals surface area contributed by atoms with E-state index in [0.29, 0.717) is 6.42 Å². The van der Waals surface area contributed by atoms with Crippen LogP contribution in [0.1, 0.15) is 124 Å². The van der Waals surface area contributed by atoms with Gasteiger partial charge in [0, 0.05) is 6.42 Å². The molecule has 0 aromatic heterocycles. The highest BCUT2D eigenvalue weighted by Gasteiger charge is 2.24. The summed E-state index contributed by atoms with van der Waals surface area (Å²) < 4.78 is 5.22. The number of alkyl carbamates (subject to hydrolysis) is 1. The summed E-state index contributed by atoms with van der Waals surface area (Å²) in [7, 11) is 0. The number of nitrogens with one attached hydrogen (secondary N) is 2. The summed E-state index contributed by atoms with van der Waals surface area (Å²) in [6, 6.07) is -1.17. The van der Waals surface area contributed by atoms with E-state index >= 15 is 0 Å². The van der Waals surface area contributed by atoms with Gasteiger partial charge in [-0.2, -0.15) is 0 Å². The molecule has 1 atom stereocenters. The molecule has 0 aliphatic heterocycles. The molecular weight excluding hydrogens is 432 g/mol. The van der Waals surface area contributed by atoms with Crippen LogP contribution in [0.4, 0.5) is 4.79 Å². The monoisotopic (exact) mass is 482 g/mol. The van der Waals surface area contributed by atoms with Gasteiger partial charge in [-0.25, -0.2) is 9.59 Å². The Morgan fingerprint density at radius 3 is 1.91 bits per heavy atom. The van der Waals surface area contributed by atoms with E-state index < -0.39 is 23.7 Å². The summed E-state index contributed by atoms with van der Waals surface area (Å²) in [4.78, 5) is 35.3. The summed E-state index contributed by atoms with van der Waals surface area (Å²) in [5, 5.41) is 14.2. The minimum absolute atomic E-state index is 0.216. The van der Waals surface area contributed by atoms with E-state index in [4.69, 9.17) is 4.74 Å². The molecular formula is C27H50N2O5. The quantitative estimate of drug-likeness (QED) is 0.128. The van der Waals surface area contributed by atoms with E-state index in [-0.39, 0.29) is 18.9 Å². The third kappa shape index (κ3) is 19.4. The molecule has 0 aliphatic rings. The van der Waals surface area contributed by atoms with Gasteiger partial charge in [0.1, 0.15) is 11.6 Å². The van der Waals surface area contributed by atoms with Crippen LogP contribution in [0.5, 0.6) is 0 Å². The van der Waals surface area contributed by atoms with Crippen LogP contribution in [-0.4, -0.2) is 41.3 Å². The second-order valence-electron chi connectivity index (χ2n) is 9.68. The number of ether oxygens (including phenoxy) is 1. The molecule has 0 saturated carbocycles. The molecule has 0 aromatic carbocycles. The maximum Gasteiger partial charge on any atom is 0.407 e. The maximum absolute atomic E-state index is 12.1. The fourth-order valence-corrected chi connectivity index (χ4v) is 3.37. The van der Waals surface area contributed by atoms with Crippen molar-refractivity contribution in [1.82, 2.24) is 10.6 Å². The fourth-order valence-electron chi connectivity index (χ4n) is 3.37. The second kappa shape index (κ2) is 20.3. The van der Waals surface area contributed by atoms with Gasteiger partial charge in [0.05, 0.1) is 6.54 Å². The number of allylic oxidation sites excluding steroid dienone is 2. The molecule has 0 rings (SSSR count). The van der Waals surface area contributed by atoms with Crippen LogP contribution in [0, 0.1) is 0 Å². The van der Waals surface area contributed by atoms with Crippen LogP contribution >= 0.6 is 0 Å². The average molecular weight is 483 g/mol. The summed E-state index contributed by atoms with van der Waals surface area (Å²) in [6.07, 6.45) is 20.2. The minimum atomic E-state index is -1.19. The summed E-state index contributed by atoms with van der Waals surface area (Å²) in [5.74, 6) is -1.50. The molecule has 0 aromatic rings. The van der Waals surface area contributed by atoms with Crippen LogP contribution < -0.4 is 10.6 Å². The first-order valence-electron chi connectivity index (χ1n) is 13.4. The molecule has 0 heterocycles. The first-order valence-corrected chi connectivity index (χ1v) is 13.4. The third-order valence-corrected chi connectivity index (χ3v) is 5.97. The standard InChI is InChI=1S/C27H50N2O5/c1-5-7-8-9-10-11-12-13-14-15-16-17-18-19-20-21-24(30)29-23(25(31)32)22-28-26(33)34-27(3,4)6-2/h13-14,23H,5-12,15-22H2,1-4H3,(H,28,33)(H,29,30)(H,31,32)/b14-13-. The van der Waals surface area contributed by atoms with Crippen molar-refractivity contribution in [3.8, 4) is 0 Å². The SMILES string of the molecule is CCCCCCCC/C=C\CCCCCCCC(=O)NC(CNC(=O)OC(C)(C)CC)C(=O)O. The van der Waals surface area contributed by atoms with E-state index in [0.717, 1.165) is 38.5 Å². The van der Waals surface area contributed by atoms with E-state index in [2.05, 4.69) is 29.7 Å². The Morgan fingerprint density at radius 1 is 0.853 bits per heavy atom. The Hall–Kier alpha value is -2.05. The van der Waals surface area contributed by atoms with Gasteiger partial charge in [-0.3, -0.25) is 4.79 Å². The molecule has 2 amide bonds. The lowest BCUT2D eigenvalue weighted by Crippen LogP contribution is -2.49. The van der Waals surface area contributed by atoms with E-state index in [1.165, 1.54) is 44.9 Å². The van der Waals surface area contributed by atoms with E-state index in [1.54, 1.807) is 13.8 Å². The number of carboxylic acids is 1. The Labute approximate surface area is 207 Å². The number of rotatable bonds is 21. The predicted octanol–water partition coefficient (Wildman–Crippen LogP) is 6.51. The van der Waals surface area contributed by atoms with E-state index in [1.807, 2.05) is 6.92 Å². The second-order valence-corrected chi connectivity index (χ2v) is 9.68. The number of aliphatic carboxylic acids is 1. The van der Waals surface area contributed by atoms with Gasteiger partial charge in [0.2, 0.25) is 5.91 Å². The number of carboxylic acid groups (broad SMARTS) is 1. The first-order chi connectivity index (χ1) is 16.2. The van der Waals surface area contributed by atoms with Crippen LogP contribution in [0.3, 0.4) is 0 Å². The number of carbonyl (C=O) groups excluding carboxylic acids is 2. The predicted molar refractivity (Wildman–Crippen MR) is 138 cm³/mol. The molecule has 7 nitrogen and oxygen atoms in total. The van der Waals surface area contributed by atoms with Crippen LogP contribution in [-0.2, 0) is 14.3 Å². The molecule has 3 N–H and O–H groups in total. The van der Waals surface area contributed by atoms with Gasteiger partial charge in [-0.1, -0.05) is 77.4 Å². The zero-order chi connectivity index (χ0) is 25.7. The minimum Gasteiger partial charge on any atom is -0.480 e. The van der Waals surface area contributed by atoms with Crippen LogP contribution in [0.15, 0.2) is 12.2 Å². The Bertz CT molecular complexity index is 590. The van der Waals surface area contributed by atoms with E-state index in [9.17, 15) is 19.5 Å². The number of unbranched alkanes of at least 4 members (excludes halogenated alkanes) is 11. The number of hydrogen-bond donors (Lipinski definition) is 3. The van der Waals surface area contributed by atoms with Crippen molar-refractivity contribution in [1.29, 1.82) is 0 Å². The van der Waals surface area contributed by atoms with Crippen molar-refractivity contribution in [3.63, 3.8) is 0 Å². The molecule has 0 saturated heterocycles. The van der Waals surface area contributed by atoms with Crippen molar-refractivity contribution in [2.45, 2.75) is 136 Å². The normalized spacial score (nSPS) is 12.5. The third-order valence-electron chi connectivity index (χ3n) is 5.97. The first kappa shape index (κ1) is 31.9. The Balaban J connectivity index is 3.80.